The van der Waals surface area contributed by atoms with Gasteiger partial charge in [-0.1, -0.05) is 0 Å². The molecule has 1 saturated carbocycles. The molecule has 7 heteroatoms. The SMILES string of the molecule is COCCN(C(C)C1CC1)S(=O)(=O)c1cc(CN)oc1C. The summed E-state index contributed by atoms with van der Waals surface area (Å²) < 4.78 is 37.9. The Morgan fingerprint density at radius 2 is 2.19 bits per heavy atom. The van der Waals surface area contributed by atoms with Crippen molar-refractivity contribution in [2.75, 3.05) is 20.3 Å². The molecule has 2 rings (SSSR count). The number of sulfonamides is 1. The van der Waals surface area contributed by atoms with Gasteiger partial charge in [-0.3, -0.25) is 0 Å². The number of ether oxygens (including phenoxy) is 1. The summed E-state index contributed by atoms with van der Waals surface area (Å²) in [5.41, 5.74) is 5.53. The van der Waals surface area contributed by atoms with E-state index in [0.717, 1.165) is 12.8 Å². The van der Waals surface area contributed by atoms with Crippen molar-refractivity contribution in [1.29, 1.82) is 0 Å². The highest BCUT2D eigenvalue weighted by Crippen LogP contribution is 2.37. The number of furan rings is 1. The van der Waals surface area contributed by atoms with Crippen molar-refractivity contribution in [1.82, 2.24) is 4.31 Å². The molecule has 0 aliphatic heterocycles. The van der Waals surface area contributed by atoms with Crippen LogP contribution in [0.5, 0.6) is 0 Å². The predicted molar refractivity (Wildman–Crippen MR) is 79.3 cm³/mol. The fourth-order valence-corrected chi connectivity index (χ4v) is 4.41. The number of methoxy groups -OCH3 is 1. The molecule has 120 valence electrons. The molecule has 0 spiro atoms. The van der Waals surface area contributed by atoms with Gasteiger partial charge in [0.2, 0.25) is 10.0 Å². The molecule has 2 N–H and O–H groups in total. The fraction of sp³-hybridized carbons (Fsp3) is 0.714. The van der Waals surface area contributed by atoms with Crippen molar-refractivity contribution in [3.05, 3.63) is 17.6 Å². The molecule has 0 radical (unpaired) electrons. The highest BCUT2D eigenvalue weighted by Gasteiger charge is 2.39. The van der Waals surface area contributed by atoms with Crippen LogP contribution in [0, 0.1) is 12.8 Å². The zero-order chi connectivity index (χ0) is 15.6. The summed E-state index contributed by atoms with van der Waals surface area (Å²) in [6.07, 6.45) is 2.16. The van der Waals surface area contributed by atoms with Gasteiger partial charge in [0.15, 0.2) is 0 Å². The lowest BCUT2D eigenvalue weighted by Gasteiger charge is -2.28. The topological polar surface area (TPSA) is 85.8 Å². The zero-order valence-corrected chi connectivity index (χ0v) is 13.6. The number of rotatable bonds is 8. The molecule has 1 heterocycles. The van der Waals surface area contributed by atoms with E-state index in [4.69, 9.17) is 14.9 Å². The van der Waals surface area contributed by atoms with Crippen LogP contribution in [0.3, 0.4) is 0 Å². The van der Waals surface area contributed by atoms with E-state index in [-0.39, 0.29) is 17.5 Å². The van der Waals surface area contributed by atoms with Gasteiger partial charge < -0.3 is 14.9 Å². The molecule has 1 aromatic rings. The Kier molecular flexibility index (Phi) is 5.08. The second-order valence-corrected chi connectivity index (χ2v) is 7.38. The maximum absolute atomic E-state index is 12.9. The van der Waals surface area contributed by atoms with E-state index in [0.29, 0.717) is 30.6 Å². The summed E-state index contributed by atoms with van der Waals surface area (Å²) in [6.45, 7) is 4.52. The average Bonchev–Trinajstić information content (AvgIpc) is 3.21. The lowest BCUT2D eigenvalue weighted by Crippen LogP contribution is -2.42. The third kappa shape index (κ3) is 3.48. The number of nitrogens with zero attached hydrogens (tertiary/aromatic N) is 1. The van der Waals surface area contributed by atoms with Crippen molar-refractivity contribution in [3.8, 4) is 0 Å². The van der Waals surface area contributed by atoms with Crippen LogP contribution in [0.2, 0.25) is 0 Å². The highest BCUT2D eigenvalue weighted by molar-refractivity contribution is 7.89. The molecule has 0 saturated heterocycles. The van der Waals surface area contributed by atoms with E-state index >= 15 is 0 Å². The molecule has 1 atom stereocenters. The van der Waals surface area contributed by atoms with Crippen LogP contribution in [0.4, 0.5) is 0 Å². The monoisotopic (exact) mass is 316 g/mol. The Balaban J connectivity index is 2.32. The summed E-state index contributed by atoms with van der Waals surface area (Å²) >= 11 is 0. The Bertz CT molecular complexity index is 578. The van der Waals surface area contributed by atoms with Gasteiger partial charge in [0, 0.05) is 25.8 Å². The molecule has 1 aromatic heterocycles. The first-order valence-electron chi connectivity index (χ1n) is 7.22. The van der Waals surface area contributed by atoms with Crippen LogP contribution in [-0.4, -0.2) is 39.0 Å². The van der Waals surface area contributed by atoms with E-state index in [1.807, 2.05) is 6.92 Å². The average molecular weight is 316 g/mol. The standard InChI is InChI=1S/C14H24N2O4S/c1-10(12-4-5-12)16(6-7-19-3)21(17,18)14-8-13(9-15)20-11(14)2/h8,10,12H,4-7,9,15H2,1-3H3. The summed E-state index contributed by atoms with van der Waals surface area (Å²) in [7, 11) is -2.02. The van der Waals surface area contributed by atoms with E-state index in [1.165, 1.54) is 10.4 Å². The maximum atomic E-state index is 12.9. The maximum Gasteiger partial charge on any atom is 0.246 e. The molecule has 0 aromatic carbocycles. The number of aryl methyl sites for hydroxylation is 1. The van der Waals surface area contributed by atoms with Crippen LogP contribution >= 0.6 is 0 Å². The lowest BCUT2D eigenvalue weighted by atomic mass is 10.2. The molecule has 0 amide bonds. The molecule has 0 bridgehead atoms. The van der Waals surface area contributed by atoms with Gasteiger partial charge in [0.1, 0.15) is 16.4 Å². The lowest BCUT2D eigenvalue weighted by molar-refractivity contribution is 0.164. The van der Waals surface area contributed by atoms with Crippen LogP contribution in [-0.2, 0) is 21.3 Å². The van der Waals surface area contributed by atoms with Gasteiger partial charge in [0.25, 0.3) is 0 Å². The Labute approximate surface area is 126 Å². The van der Waals surface area contributed by atoms with Gasteiger partial charge in [-0.25, -0.2) is 8.42 Å². The molecular formula is C14H24N2O4S. The minimum Gasteiger partial charge on any atom is -0.464 e. The van der Waals surface area contributed by atoms with Crippen molar-refractivity contribution in [3.63, 3.8) is 0 Å². The van der Waals surface area contributed by atoms with E-state index in [1.54, 1.807) is 14.0 Å². The van der Waals surface area contributed by atoms with E-state index in [9.17, 15) is 8.42 Å². The molecule has 1 aliphatic carbocycles. The first-order chi connectivity index (χ1) is 9.91. The second kappa shape index (κ2) is 6.48. The summed E-state index contributed by atoms with van der Waals surface area (Å²) in [4.78, 5) is 0.214. The van der Waals surface area contributed by atoms with Crippen LogP contribution in [0.1, 0.15) is 31.3 Å². The van der Waals surface area contributed by atoms with Crippen LogP contribution in [0.25, 0.3) is 0 Å². The van der Waals surface area contributed by atoms with Crippen LogP contribution < -0.4 is 5.73 Å². The minimum atomic E-state index is -3.59. The van der Waals surface area contributed by atoms with Crippen molar-refractivity contribution < 1.29 is 17.6 Å². The quantitative estimate of drug-likeness (QED) is 0.785. The van der Waals surface area contributed by atoms with Crippen molar-refractivity contribution >= 4 is 10.0 Å². The first kappa shape index (κ1) is 16.5. The predicted octanol–water partition coefficient (Wildman–Crippen LogP) is 1.48. The molecule has 1 fully saturated rings. The summed E-state index contributed by atoms with van der Waals surface area (Å²) in [6, 6.07) is 1.50. The third-order valence-corrected chi connectivity index (χ3v) is 6.08. The molecular weight excluding hydrogens is 292 g/mol. The zero-order valence-electron chi connectivity index (χ0n) is 12.8. The Morgan fingerprint density at radius 1 is 1.52 bits per heavy atom. The normalized spacial score (nSPS) is 17.4. The highest BCUT2D eigenvalue weighted by atomic mass is 32.2. The van der Waals surface area contributed by atoms with Gasteiger partial charge in [-0.15, -0.1) is 0 Å². The Hall–Kier alpha value is -0.890. The third-order valence-electron chi connectivity index (χ3n) is 3.99. The van der Waals surface area contributed by atoms with Crippen molar-refractivity contribution in [2.45, 2.75) is 44.2 Å². The molecule has 1 unspecified atom stereocenters. The van der Waals surface area contributed by atoms with Gasteiger partial charge in [-0.05, 0) is 32.6 Å². The van der Waals surface area contributed by atoms with E-state index < -0.39 is 10.0 Å². The second-order valence-electron chi connectivity index (χ2n) is 5.52. The number of hydrogen-bond acceptors (Lipinski definition) is 5. The van der Waals surface area contributed by atoms with Gasteiger partial charge in [-0.2, -0.15) is 4.31 Å². The number of nitrogens with two attached hydrogens (primary N) is 1. The number of hydrogen-bond donors (Lipinski definition) is 1. The fourth-order valence-electron chi connectivity index (χ4n) is 2.54. The first-order valence-corrected chi connectivity index (χ1v) is 8.66. The molecule has 1 aliphatic rings. The van der Waals surface area contributed by atoms with Crippen molar-refractivity contribution in [2.24, 2.45) is 11.7 Å². The van der Waals surface area contributed by atoms with Gasteiger partial charge >= 0.3 is 0 Å². The smallest absolute Gasteiger partial charge is 0.246 e. The van der Waals surface area contributed by atoms with Gasteiger partial charge in [0.05, 0.1) is 13.2 Å². The molecule has 21 heavy (non-hydrogen) atoms. The largest absolute Gasteiger partial charge is 0.464 e. The minimum absolute atomic E-state index is 0.0271. The molecule has 6 nitrogen and oxygen atoms in total. The van der Waals surface area contributed by atoms with E-state index in [2.05, 4.69) is 0 Å². The van der Waals surface area contributed by atoms with Crippen LogP contribution in [0.15, 0.2) is 15.4 Å². The summed E-state index contributed by atoms with van der Waals surface area (Å²) in [5.74, 6) is 1.32. The summed E-state index contributed by atoms with van der Waals surface area (Å²) in [5, 5.41) is 0. The Morgan fingerprint density at radius 3 is 2.67 bits per heavy atom.